The van der Waals surface area contributed by atoms with Gasteiger partial charge in [-0.15, -0.1) is 11.3 Å². The molecule has 1 nitrogen and oxygen atoms in total. The van der Waals surface area contributed by atoms with E-state index in [9.17, 15) is 26.3 Å². The van der Waals surface area contributed by atoms with Gasteiger partial charge < -0.3 is 4.57 Å². The minimum atomic E-state index is -4.53. The summed E-state index contributed by atoms with van der Waals surface area (Å²) in [5, 5.41) is 3.90. The summed E-state index contributed by atoms with van der Waals surface area (Å²) >= 11 is 1.80. The first-order valence-corrected chi connectivity index (χ1v) is 22.3. The summed E-state index contributed by atoms with van der Waals surface area (Å²) in [6.45, 7) is 3.28. The molecule has 0 atom stereocenters. The molecule has 2 heterocycles. The fourth-order valence-corrected chi connectivity index (χ4v) is 10.7. The average molecular weight is 894 g/mol. The molecule has 9 aromatic carbocycles. The highest BCUT2D eigenvalue weighted by Gasteiger charge is 2.32. The van der Waals surface area contributed by atoms with Crippen LogP contribution >= 0.6 is 11.3 Å². The lowest BCUT2D eigenvalue weighted by Gasteiger charge is -2.16. The SMILES string of the molecule is Cc1cc(-c2ccc3c(c2)c2cc(-c4cc(C)cc(C(F)(F)F)c4)ccc2n3-c2ccccc2-c2cccc(-c3cc(-c4ccccc4)c4sc5ccccc5c4c3)c2)cc(C(F)(F)F)c1. The van der Waals surface area contributed by atoms with Crippen molar-refractivity contribution in [3.63, 3.8) is 0 Å². The van der Waals surface area contributed by atoms with Gasteiger partial charge in [-0.05, 0) is 148 Å². The number of benzene rings is 9. The first kappa shape index (κ1) is 41.3. The van der Waals surface area contributed by atoms with Gasteiger partial charge in [0, 0.05) is 42.1 Å². The Labute approximate surface area is 380 Å². The number of hydrogen-bond donors (Lipinski definition) is 0. The van der Waals surface area contributed by atoms with Crippen molar-refractivity contribution in [2.75, 3.05) is 0 Å². The summed E-state index contributed by atoms with van der Waals surface area (Å²) in [6.07, 6.45) is -9.07. The number of hydrogen-bond acceptors (Lipinski definition) is 1. The number of nitrogens with zero attached hydrogens (tertiary/aromatic N) is 1. The maximum absolute atomic E-state index is 14.1. The molecule has 322 valence electrons. The predicted molar refractivity (Wildman–Crippen MR) is 260 cm³/mol. The van der Waals surface area contributed by atoms with Gasteiger partial charge in [0.15, 0.2) is 0 Å². The van der Waals surface area contributed by atoms with E-state index in [0.29, 0.717) is 33.4 Å². The smallest absolute Gasteiger partial charge is 0.309 e. The summed E-state index contributed by atoms with van der Waals surface area (Å²) < 4.78 is 89.0. The standard InChI is InChI=1S/C58H37F6NS/c1-34-23-41(28-44(25-34)57(59,60)61)38-19-21-53-49(30-38)50-31-39(42-24-35(2)26-45(29-42)58(62,63)64)20-22-54(50)65(53)52-17-8-6-15-46(52)40-14-10-13-37(27-40)43-32-48(36-11-4-3-5-12-36)56-51(33-43)47-16-7-9-18-55(47)66-56/h3-33H,1-2H3. The number of alkyl halides is 6. The van der Waals surface area contributed by atoms with E-state index in [1.807, 2.05) is 60.7 Å². The van der Waals surface area contributed by atoms with Gasteiger partial charge in [0.05, 0.1) is 27.8 Å². The Bertz CT molecular complexity index is 3580. The average Bonchev–Trinajstić information content (AvgIpc) is 3.85. The van der Waals surface area contributed by atoms with Crippen molar-refractivity contribution in [3.8, 4) is 61.3 Å². The molecule has 0 spiro atoms. The molecule has 11 aromatic rings. The Hall–Kier alpha value is -7.42. The minimum absolute atomic E-state index is 0.413. The molecule has 0 aliphatic heterocycles. The summed E-state index contributed by atoms with van der Waals surface area (Å²) in [7, 11) is 0. The van der Waals surface area contributed by atoms with Gasteiger partial charge in [0.25, 0.3) is 0 Å². The molecule has 0 aliphatic rings. The van der Waals surface area contributed by atoms with Crippen LogP contribution in [0.15, 0.2) is 188 Å². The molecule has 0 saturated heterocycles. The lowest BCUT2D eigenvalue weighted by Crippen LogP contribution is -2.05. The van der Waals surface area contributed by atoms with Crippen molar-refractivity contribution in [1.29, 1.82) is 0 Å². The third-order valence-corrected chi connectivity index (χ3v) is 13.7. The van der Waals surface area contributed by atoms with Crippen LogP contribution in [-0.4, -0.2) is 4.57 Å². The number of halogens is 6. The van der Waals surface area contributed by atoms with Crippen LogP contribution in [0.25, 0.3) is 103 Å². The maximum atomic E-state index is 14.1. The van der Waals surface area contributed by atoms with Crippen LogP contribution in [0.2, 0.25) is 0 Å². The number of aromatic nitrogens is 1. The van der Waals surface area contributed by atoms with Gasteiger partial charge in [0.2, 0.25) is 0 Å². The predicted octanol–water partition coefficient (Wildman–Crippen LogP) is 18.1. The van der Waals surface area contributed by atoms with Crippen LogP contribution in [-0.2, 0) is 12.4 Å². The van der Waals surface area contributed by atoms with Crippen LogP contribution in [0.3, 0.4) is 0 Å². The van der Waals surface area contributed by atoms with E-state index in [2.05, 4.69) is 95.6 Å². The van der Waals surface area contributed by atoms with Crippen molar-refractivity contribution in [2.24, 2.45) is 0 Å². The lowest BCUT2D eigenvalue weighted by molar-refractivity contribution is -0.138. The lowest BCUT2D eigenvalue weighted by atomic mass is 9.94. The molecule has 0 fully saturated rings. The Kier molecular flexibility index (Phi) is 9.78. The molecule has 0 aliphatic carbocycles. The summed E-state index contributed by atoms with van der Waals surface area (Å²) in [4.78, 5) is 0. The third kappa shape index (κ3) is 7.31. The Morgan fingerprint density at radius 3 is 1.52 bits per heavy atom. The maximum Gasteiger partial charge on any atom is 0.416 e. The van der Waals surface area contributed by atoms with E-state index in [1.165, 1.54) is 25.7 Å². The summed E-state index contributed by atoms with van der Waals surface area (Å²) in [6, 6.07) is 59.5. The first-order valence-electron chi connectivity index (χ1n) is 21.4. The van der Waals surface area contributed by atoms with E-state index < -0.39 is 23.5 Å². The van der Waals surface area contributed by atoms with Gasteiger partial charge in [0.1, 0.15) is 0 Å². The highest BCUT2D eigenvalue weighted by molar-refractivity contribution is 7.26. The molecule has 0 unspecified atom stereocenters. The van der Waals surface area contributed by atoms with Gasteiger partial charge >= 0.3 is 12.4 Å². The van der Waals surface area contributed by atoms with Crippen molar-refractivity contribution in [2.45, 2.75) is 26.2 Å². The molecular formula is C58H37F6NS. The molecule has 66 heavy (non-hydrogen) atoms. The zero-order valence-corrected chi connectivity index (χ0v) is 36.3. The van der Waals surface area contributed by atoms with Gasteiger partial charge in [-0.1, -0.05) is 109 Å². The molecule has 0 amide bonds. The van der Waals surface area contributed by atoms with E-state index in [0.717, 1.165) is 79.6 Å². The third-order valence-electron chi connectivity index (χ3n) is 12.5. The van der Waals surface area contributed by atoms with E-state index >= 15 is 0 Å². The summed E-state index contributed by atoms with van der Waals surface area (Å²) in [5.41, 5.74) is 10.3. The number of rotatable bonds is 6. The summed E-state index contributed by atoms with van der Waals surface area (Å²) in [5.74, 6) is 0. The first-order chi connectivity index (χ1) is 31.8. The molecule has 0 radical (unpaired) electrons. The molecule has 8 heteroatoms. The molecule has 0 saturated carbocycles. The highest BCUT2D eigenvalue weighted by atomic mass is 32.1. The second-order valence-electron chi connectivity index (χ2n) is 16.9. The zero-order valence-electron chi connectivity index (χ0n) is 35.5. The number of aryl methyl sites for hydroxylation is 2. The Morgan fingerprint density at radius 2 is 0.879 bits per heavy atom. The number of para-hydroxylation sites is 1. The Balaban J connectivity index is 1.11. The Morgan fingerprint density at radius 1 is 0.364 bits per heavy atom. The van der Waals surface area contributed by atoms with Gasteiger partial charge in [-0.25, -0.2) is 0 Å². The fourth-order valence-electron chi connectivity index (χ4n) is 9.47. The van der Waals surface area contributed by atoms with Crippen molar-refractivity contribution in [1.82, 2.24) is 4.57 Å². The topological polar surface area (TPSA) is 4.93 Å². The van der Waals surface area contributed by atoms with Gasteiger partial charge in [-0.2, -0.15) is 26.3 Å². The van der Waals surface area contributed by atoms with E-state index in [4.69, 9.17) is 0 Å². The molecular weight excluding hydrogens is 857 g/mol. The van der Waals surface area contributed by atoms with Crippen LogP contribution in [0, 0.1) is 13.8 Å². The molecule has 2 aromatic heterocycles. The van der Waals surface area contributed by atoms with Crippen LogP contribution in [0.4, 0.5) is 26.3 Å². The second-order valence-corrected chi connectivity index (χ2v) is 18.0. The number of fused-ring (bicyclic) bond motifs is 6. The molecule has 0 N–H and O–H groups in total. The van der Waals surface area contributed by atoms with E-state index in [-0.39, 0.29) is 0 Å². The fraction of sp³-hybridized carbons (Fsp3) is 0.0690. The van der Waals surface area contributed by atoms with Crippen molar-refractivity contribution in [3.05, 3.63) is 210 Å². The highest BCUT2D eigenvalue weighted by Crippen LogP contribution is 2.45. The van der Waals surface area contributed by atoms with Crippen molar-refractivity contribution >= 4 is 53.3 Å². The van der Waals surface area contributed by atoms with E-state index in [1.54, 1.807) is 37.3 Å². The monoisotopic (exact) mass is 893 g/mol. The largest absolute Gasteiger partial charge is 0.416 e. The molecule has 11 rings (SSSR count). The zero-order chi connectivity index (χ0) is 45.5. The van der Waals surface area contributed by atoms with Gasteiger partial charge in [-0.3, -0.25) is 0 Å². The quantitative estimate of drug-likeness (QED) is 0.147. The number of thiophene rings is 1. The second kappa shape index (κ2) is 15.6. The minimum Gasteiger partial charge on any atom is -0.309 e. The van der Waals surface area contributed by atoms with Crippen LogP contribution < -0.4 is 0 Å². The van der Waals surface area contributed by atoms with Crippen LogP contribution in [0.5, 0.6) is 0 Å². The van der Waals surface area contributed by atoms with Crippen molar-refractivity contribution < 1.29 is 26.3 Å². The molecule has 0 bridgehead atoms. The normalized spacial score (nSPS) is 12.2. The van der Waals surface area contributed by atoms with Crippen LogP contribution in [0.1, 0.15) is 22.3 Å².